The number of pyridine rings is 1. The van der Waals surface area contributed by atoms with Crippen LogP contribution in [-0.4, -0.2) is 11.2 Å². The molecule has 1 aromatic rings. The Balaban J connectivity index is 1.90. The minimum atomic E-state index is -0.518. The lowest BCUT2D eigenvalue weighted by molar-refractivity contribution is -0.646. The molecule has 1 saturated carbocycles. The molecule has 23 heavy (non-hydrogen) atoms. The lowest BCUT2D eigenvalue weighted by Gasteiger charge is -2.41. The predicted molar refractivity (Wildman–Crippen MR) is 86.9 cm³/mol. The number of nitrogen functional groups attached to an aromatic ring is 1. The van der Waals surface area contributed by atoms with Crippen molar-refractivity contribution in [2.45, 2.75) is 67.0 Å². The van der Waals surface area contributed by atoms with Crippen molar-refractivity contribution in [1.29, 1.82) is 0 Å². The summed E-state index contributed by atoms with van der Waals surface area (Å²) in [5.74, 6) is 6.61. The molecule has 3 atom stereocenters. The van der Waals surface area contributed by atoms with E-state index in [1.807, 2.05) is 0 Å². The minimum absolute atomic E-state index is 0.0335. The van der Waals surface area contributed by atoms with Crippen molar-refractivity contribution in [2.24, 2.45) is 16.7 Å². The van der Waals surface area contributed by atoms with Gasteiger partial charge in [-0.15, -0.1) is 0 Å². The van der Waals surface area contributed by atoms with E-state index in [-0.39, 0.29) is 22.7 Å². The topological polar surface area (TPSA) is 68.6 Å². The molecule has 0 aromatic carbocycles. The molecule has 0 amide bonds. The highest BCUT2D eigenvalue weighted by atomic mass is 16.7. The van der Waals surface area contributed by atoms with Gasteiger partial charge in [0.15, 0.2) is 12.0 Å². The average molecular weight is 321 g/mol. The second-order valence-electron chi connectivity index (χ2n) is 8.26. The molecule has 1 fully saturated rings. The van der Waals surface area contributed by atoms with Crippen LogP contribution in [-0.2, 0) is 16.1 Å². The zero-order chi connectivity index (χ0) is 17.2. The first-order chi connectivity index (χ1) is 10.6. The Bertz CT molecular complexity index is 640. The van der Waals surface area contributed by atoms with Crippen LogP contribution in [0.25, 0.3) is 0 Å². The summed E-state index contributed by atoms with van der Waals surface area (Å²) in [4.78, 5) is 0. The van der Waals surface area contributed by atoms with Crippen LogP contribution in [0, 0.1) is 23.7 Å². The quantitative estimate of drug-likeness (QED) is 0.649. The molecule has 3 rings (SSSR count). The molecule has 128 valence electrons. The van der Waals surface area contributed by atoms with Crippen LogP contribution in [0.3, 0.4) is 0 Å². The van der Waals surface area contributed by atoms with Gasteiger partial charge in [0, 0.05) is 6.92 Å². The highest BCUT2D eigenvalue weighted by molar-refractivity contribution is 5.41. The van der Waals surface area contributed by atoms with Gasteiger partial charge in [-0.3, -0.25) is 0 Å². The maximum atomic E-state index is 10.5. The Labute approximate surface area is 138 Å². The van der Waals surface area contributed by atoms with Crippen molar-refractivity contribution < 1.29 is 19.3 Å². The van der Waals surface area contributed by atoms with Crippen molar-refractivity contribution in [3.63, 3.8) is 0 Å². The SMILES string of the molecule is Cc1c(O)c2c(c[n+]1N)COC2OC1CC(C)C(C)(C)C1(C)C. The smallest absolute Gasteiger partial charge is 0.250 e. The second kappa shape index (κ2) is 5.08. The van der Waals surface area contributed by atoms with Crippen LogP contribution in [0.2, 0.25) is 0 Å². The number of hydrogen-bond donors (Lipinski definition) is 2. The van der Waals surface area contributed by atoms with Gasteiger partial charge in [0.05, 0.1) is 23.8 Å². The molecule has 5 heteroatoms. The van der Waals surface area contributed by atoms with E-state index >= 15 is 0 Å². The van der Waals surface area contributed by atoms with Crippen LogP contribution in [0.4, 0.5) is 0 Å². The number of rotatable bonds is 2. The first kappa shape index (κ1) is 16.5. The van der Waals surface area contributed by atoms with E-state index in [2.05, 4.69) is 34.6 Å². The molecular formula is C18H29N2O3+. The van der Waals surface area contributed by atoms with Crippen molar-refractivity contribution >= 4 is 0 Å². The summed E-state index contributed by atoms with van der Waals surface area (Å²) in [6.45, 7) is 13.6. The highest BCUT2D eigenvalue weighted by Crippen LogP contribution is 2.57. The molecule has 3 unspecified atom stereocenters. The summed E-state index contributed by atoms with van der Waals surface area (Å²) >= 11 is 0. The third-order valence-corrected chi connectivity index (χ3v) is 6.81. The Hall–Kier alpha value is -1.33. The molecule has 0 saturated heterocycles. The number of nitrogens with zero attached hydrogens (tertiary/aromatic N) is 1. The number of fused-ring (bicyclic) bond motifs is 1. The number of aromatic nitrogens is 1. The first-order valence-corrected chi connectivity index (χ1v) is 8.36. The molecule has 1 aliphatic heterocycles. The Morgan fingerprint density at radius 1 is 1.30 bits per heavy atom. The van der Waals surface area contributed by atoms with Gasteiger partial charge in [0.2, 0.25) is 11.9 Å². The molecule has 2 heterocycles. The van der Waals surface area contributed by atoms with Crippen molar-refractivity contribution in [1.82, 2.24) is 0 Å². The minimum Gasteiger partial charge on any atom is -0.502 e. The lowest BCUT2D eigenvalue weighted by Crippen LogP contribution is -2.47. The van der Waals surface area contributed by atoms with Crippen LogP contribution in [0.5, 0.6) is 5.75 Å². The highest BCUT2D eigenvalue weighted by Gasteiger charge is 2.54. The van der Waals surface area contributed by atoms with E-state index in [1.165, 1.54) is 4.68 Å². The Morgan fingerprint density at radius 2 is 1.96 bits per heavy atom. The van der Waals surface area contributed by atoms with Gasteiger partial charge in [-0.1, -0.05) is 39.3 Å². The summed E-state index contributed by atoms with van der Waals surface area (Å²) in [7, 11) is 0. The molecule has 3 N–H and O–H groups in total. The normalized spacial score (nSPS) is 31.3. The van der Waals surface area contributed by atoms with E-state index in [0.717, 1.165) is 17.5 Å². The molecule has 1 aromatic heterocycles. The predicted octanol–water partition coefficient (Wildman–Crippen LogP) is 2.71. The number of aromatic hydroxyl groups is 1. The van der Waals surface area contributed by atoms with Crippen molar-refractivity contribution in [3.8, 4) is 5.75 Å². The van der Waals surface area contributed by atoms with E-state index in [9.17, 15) is 5.11 Å². The van der Waals surface area contributed by atoms with Crippen molar-refractivity contribution in [3.05, 3.63) is 23.0 Å². The van der Waals surface area contributed by atoms with Gasteiger partial charge in [0.25, 0.3) is 0 Å². The zero-order valence-corrected chi connectivity index (χ0v) is 15.0. The Kier molecular flexibility index (Phi) is 3.65. The lowest BCUT2D eigenvalue weighted by atomic mass is 9.67. The largest absolute Gasteiger partial charge is 0.502 e. The summed E-state index contributed by atoms with van der Waals surface area (Å²) < 4.78 is 13.6. The van der Waals surface area contributed by atoms with Gasteiger partial charge in [-0.2, -0.15) is 0 Å². The maximum Gasteiger partial charge on any atom is 0.250 e. The number of nitrogens with two attached hydrogens (primary N) is 1. The third-order valence-electron chi connectivity index (χ3n) is 6.81. The van der Waals surface area contributed by atoms with Crippen molar-refractivity contribution in [2.75, 3.05) is 5.84 Å². The van der Waals surface area contributed by atoms with Crippen LogP contribution in [0.1, 0.15) is 64.2 Å². The number of ether oxygens (including phenoxy) is 2. The summed E-state index contributed by atoms with van der Waals surface area (Å²) in [5, 5.41) is 10.5. The van der Waals surface area contributed by atoms with Crippen LogP contribution >= 0.6 is 0 Å². The second-order valence-corrected chi connectivity index (χ2v) is 8.26. The summed E-state index contributed by atoms with van der Waals surface area (Å²) in [6.07, 6.45) is 2.38. The van der Waals surface area contributed by atoms with E-state index in [4.69, 9.17) is 15.3 Å². The summed E-state index contributed by atoms with van der Waals surface area (Å²) in [6, 6.07) is 0. The first-order valence-electron chi connectivity index (χ1n) is 8.36. The summed E-state index contributed by atoms with van der Waals surface area (Å²) in [5.41, 5.74) is 2.46. The van der Waals surface area contributed by atoms with E-state index in [0.29, 0.717) is 18.2 Å². The monoisotopic (exact) mass is 321 g/mol. The zero-order valence-electron chi connectivity index (χ0n) is 15.0. The fourth-order valence-corrected chi connectivity index (χ4v) is 3.87. The maximum absolute atomic E-state index is 10.5. The molecule has 5 nitrogen and oxygen atoms in total. The average Bonchev–Trinajstić information content (AvgIpc) is 2.91. The fraction of sp³-hybridized carbons (Fsp3) is 0.722. The van der Waals surface area contributed by atoms with Gasteiger partial charge < -0.3 is 14.6 Å². The molecule has 0 bridgehead atoms. The van der Waals surface area contributed by atoms with Gasteiger partial charge in [-0.25, -0.2) is 5.84 Å². The molecule has 0 spiro atoms. The van der Waals surface area contributed by atoms with Crippen LogP contribution < -0.4 is 10.5 Å². The third kappa shape index (κ3) is 2.24. The van der Waals surface area contributed by atoms with E-state index in [1.54, 1.807) is 13.1 Å². The molecule has 1 aliphatic carbocycles. The van der Waals surface area contributed by atoms with Crippen LogP contribution in [0.15, 0.2) is 6.20 Å². The van der Waals surface area contributed by atoms with Gasteiger partial charge in [0.1, 0.15) is 0 Å². The number of hydrogen-bond acceptors (Lipinski definition) is 4. The molecule has 2 aliphatic rings. The fourth-order valence-electron chi connectivity index (χ4n) is 3.87. The molecular weight excluding hydrogens is 292 g/mol. The molecule has 0 radical (unpaired) electrons. The van der Waals surface area contributed by atoms with Gasteiger partial charge >= 0.3 is 0 Å². The van der Waals surface area contributed by atoms with E-state index < -0.39 is 6.29 Å². The Morgan fingerprint density at radius 3 is 2.52 bits per heavy atom. The standard InChI is InChI=1S/C18H28N2O3/c1-10-7-13(18(5,6)17(10,3)4)23-16-14-12(9-22-16)8-20(19)11(2)15(14)21/h8,10,13,16H,7,9,19H2,1-6H3/p+1. The van der Waals surface area contributed by atoms with Gasteiger partial charge in [-0.05, 0) is 23.2 Å².